The highest BCUT2D eigenvalue weighted by Gasteiger charge is 2.36. The maximum atomic E-state index is 9.65. The van der Waals surface area contributed by atoms with Gasteiger partial charge in [-0.2, -0.15) is 0 Å². The second kappa shape index (κ2) is 9.66. The number of aliphatic hydroxyl groups is 1. The molecular weight excluding hydrogens is 244 g/mol. The third kappa shape index (κ3) is 6.19. The van der Waals surface area contributed by atoms with E-state index in [-0.39, 0.29) is 18.7 Å². The van der Waals surface area contributed by atoms with Crippen LogP contribution in [0.2, 0.25) is 0 Å². The Bertz CT molecular complexity index is 215. The van der Waals surface area contributed by atoms with E-state index in [2.05, 4.69) is 4.90 Å². The molecule has 0 spiro atoms. The van der Waals surface area contributed by atoms with Crippen LogP contribution in [0, 0.1) is 5.92 Å². The maximum Gasteiger partial charge on any atom is 0.0602 e. The van der Waals surface area contributed by atoms with E-state index in [9.17, 15) is 5.11 Å². The van der Waals surface area contributed by atoms with Crippen molar-refractivity contribution in [3.63, 3.8) is 0 Å². The summed E-state index contributed by atoms with van der Waals surface area (Å²) in [6.07, 6.45) is 2.39. The van der Waals surface area contributed by atoms with Crippen LogP contribution in [-0.2, 0) is 9.47 Å². The van der Waals surface area contributed by atoms with Crippen LogP contribution in [0.5, 0.6) is 0 Å². The van der Waals surface area contributed by atoms with Gasteiger partial charge >= 0.3 is 0 Å². The molecule has 5 heteroatoms. The Morgan fingerprint density at radius 1 is 1.16 bits per heavy atom. The zero-order valence-corrected chi connectivity index (χ0v) is 12.4. The molecule has 1 aliphatic rings. The molecule has 5 nitrogen and oxygen atoms in total. The summed E-state index contributed by atoms with van der Waals surface area (Å²) in [7, 11) is 0. The Labute approximate surface area is 117 Å². The first kappa shape index (κ1) is 16.9. The van der Waals surface area contributed by atoms with Crippen molar-refractivity contribution in [3.05, 3.63) is 0 Å². The molecule has 0 heterocycles. The first-order valence-corrected chi connectivity index (χ1v) is 7.50. The number of ether oxygens (including phenoxy) is 2. The van der Waals surface area contributed by atoms with Crippen molar-refractivity contribution in [2.24, 2.45) is 11.7 Å². The van der Waals surface area contributed by atoms with Crippen LogP contribution in [0.3, 0.4) is 0 Å². The van der Waals surface area contributed by atoms with Crippen LogP contribution in [0.4, 0.5) is 0 Å². The quantitative estimate of drug-likeness (QED) is 0.506. The molecule has 1 aliphatic carbocycles. The van der Waals surface area contributed by atoms with Crippen LogP contribution >= 0.6 is 0 Å². The lowest BCUT2D eigenvalue weighted by Crippen LogP contribution is -2.53. The molecule has 0 radical (unpaired) electrons. The summed E-state index contributed by atoms with van der Waals surface area (Å²) in [6.45, 7) is 8.48. The number of nitrogens with zero attached hydrogens (tertiary/aromatic N) is 1. The zero-order chi connectivity index (χ0) is 14.1. The average molecular weight is 274 g/mol. The van der Waals surface area contributed by atoms with Gasteiger partial charge in [0.25, 0.3) is 0 Å². The second-order valence-corrected chi connectivity index (χ2v) is 5.09. The molecule has 0 aromatic rings. The highest BCUT2D eigenvalue weighted by molar-refractivity contribution is 4.93. The van der Waals surface area contributed by atoms with Gasteiger partial charge in [-0.1, -0.05) is 0 Å². The van der Waals surface area contributed by atoms with E-state index in [1.165, 1.54) is 12.8 Å². The monoisotopic (exact) mass is 274 g/mol. The molecule has 1 rings (SSSR count). The number of hydrogen-bond acceptors (Lipinski definition) is 5. The number of rotatable bonds is 12. The van der Waals surface area contributed by atoms with Crippen molar-refractivity contribution >= 4 is 0 Å². The molecule has 1 fully saturated rings. The minimum absolute atomic E-state index is 0.0217. The molecule has 1 saturated carbocycles. The highest BCUT2D eigenvalue weighted by atomic mass is 16.5. The number of aliphatic hydroxyl groups excluding tert-OH is 1. The van der Waals surface area contributed by atoms with Crippen LogP contribution in [0.1, 0.15) is 26.7 Å². The van der Waals surface area contributed by atoms with Crippen molar-refractivity contribution in [1.29, 1.82) is 0 Å². The van der Waals surface area contributed by atoms with E-state index in [1.54, 1.807) is 0 Å². The Kier molecular flexibility index (Phi) is 8.57. The van der Waals surface area contributed by atoms with Crippen molar-refractivity contribution in [3.8, 4) is 0 Å². The van der Waals surface area contributed by atoms with Crippen molar-refractivity contribution in [2.45, 2.75) is 38.8 Å². The summed E-state index contributed by atoms with van der Waals surface area (Å²) in [6, 6.07) is 0.0849. The predicted molar refractivity (Wildman–Crippen MR) is 76.1 cm³/mol. The normalized spacial score (nSPS) is 18.8. The maximum absolute atomic E-state index is 9.65. The third-order valence-electron chi connectivity index (χ3n) is 3.72. The second-order valence-electron chi connectivity index (χ2n) is 5.09. The van der Waals surface area contributed by atoms with E-state index in [0.717, 1.165) is 26.3 Å². The van der Waals surface area contributed by atoms with E-state index < -0.39 is 0 Å². The molecule has 0 aliphatic heterocycles. The summed E-state index contributed by atoms with van der Waals surface area (Å²) in [5.41, 5.74) is 6.26. The molecule has 3 N–H and O–H groups in total. The molecule has 114 valence electrons. The van der Waals surface area contributed by atoms with E-state index >= 15 is 0 Å². The fraction of sp³-hybridized carbons (Fsp3) is 1.00. The summed E-state index contributed by atoms with van der Waals surface area (Å²) in [5.74, 6) is 0.582. The number of nitrogens with two attached hydrogens (primary N) is 1. The van der Waals surface area contributed by atoms with Gasteiger partial charge in [-0.15, -0.1) is 0 Å². The van der Waals surface area contributed by atoms with Crippen LogP contribution in [0.15, 0.2) is 0 Å². The van der Waals surface area contributed by atoms with Gasteiger partial charge in [0.15, 0.2) is 0 Å². The highest BCUT2D eigenvalue weighted by Crippen LogP contribution is 2.33. The third-order valence-corrected chi connectivity index (χ3v) is 3.72. The molecule has 0 aromatic heterocycles. The van der Waals surface area contributed by atoms with Crippen LogP contribution in [0.25, 0.3) is 0 Å². The van der Waals surface area contributed by atoms with Gasteiger partial charge < -0.3 is 20.3 Å². The zero-order valence-electron chi connectivity index (χ0n) is 12.4. The SMILES string of the molecule is CCOCCN(CCOCC)C(CO)C(N)C1CC1. The van der Waals surface area contributed by atoms with Crippen molar-refractivity contribution in [1.82, 2.24) is 4.90 Å². The molecule has 0 amide bonds. The molecule has 2 atom stereocenters. The minimum atomic E-state index is 0.0217. The molecular formula is C14H30N2O3. The first-order valence-electron chi connectivity index (χ1n) is 7.50. The Hall–Kier alpha value is -0.200. The standard InChI is InChI=1S/C14H30N2O3/c1-3-18-9-7-16(8-10-19-4-2)13(11-17)14(15)12-5-6-12/h12-14,17H,3-11,15H2,1-2H3. The Balaban J connectivity index is 2.46. The lowest BCUT2D eigenvalue weighted by molar-refractivity contribution is 0.0346. The van der Waals surface area contributed by atoms with Gasteiger partial charge in [-0.3, -0.25) is 4.90 Å². The largest absolute Gasteiger partial charge is 0.395 e. The van der Waals surface area contributed by atoms with Gasteiger partial charge in [-0.25, -0.2) is 0 Å². The lowest BCUT2D eigenvalue weighted by atomic mass is 10.0. The molecule has 0 saturated heterocycles. The van der Waals surface area contributed by atoms with Gasteiger partial charge in [-0.05, 0) is 32.6 Å². The van der Waals surface area contributed by atoms with Gasteiger partial charge in [0, 0.05) is 38.4 Å². The fourth-order valence-corrected chi connectivity index (χ4v) is 2.37. The summed E-state index contributed by atoms with van der Waals surface area (Å²) < 4.78 is 10.8. The van der Waals surface area contributed by atoms with E-state index in [4.69, 9.17) is 15.2 Å². The van der Waals surface area contributed by atoms with E-state index in [1.807, 2.05) is 13.8 Å². The molecule has 0 aromatic carbocycles. The summed E-state index contributed by atoms with van der Waals surface area (Å²) >= 11 is 0. The fourth-order valence-electron chi connectivity index (χ4n) is 2.37. The summed E-state index contributed by atoms with van der Waals surface area (Å²) in [5, 5.41) is 9.65. The lowest BCUT2D eigenvalue weighted by Gasteiger charge is -2.34. The van der Waals surface area contributed by atoms with E-state index in [0.29, 0.717) is 19.1 Å². The Morgan fingerprint density at radius 3 is 2.05 bits per heavy atom. The first-order chi connectivity index (χ1) is 9.24. The Morgan fingerprint density at radius 2 is 1.68 bits per heavy atom. The van der Waals surface area contributed by atoms with Gasteiger partial charge in [0.05, 0.1) is 19.8 Å². The van der Waals surface area contributed by atoms with Crippen LogP contribution < -0.4 is 5.73 Å². The molecule has 0 bridgehead atoms. The minimum Gasteiger partial charge on any atom is -0.395 e. The van der Waals surface area contributed by atoms with Gasteiger partial charge in [0.1, 0.15) is 0 Å². The average Bonchev–Trinajstić information content (AvgIpc) is 3.23. The molecule has 2 unspecified atom stereocenters. The molecule has 19 heavy (non-hydrogen) atoms. The van der Waals surface area contributed by atoms with Crippen LogP contribution in [-0.4, -0.2) is 68.2 Å². The summed E-state index contributed by atoms with van der Waals surface area (Å²) in [4.78, 5) is 2.22. The predicted octanol–water partition coefficient (Wildman–Crippen LogP) is 0.460. The smallest absolute Gasteiger partial charge is 0.0602 e. The van der Waals surface area contributed by atoms with Crippen molar-refractivity contribution < 1.29 is 14.6 Å². The van der Waals surface area contributed by atoms with Gasteiger partial charge in [0.2, 0.25) is 0 Å². The van der Waals surface area contributed by atoms with Crippen molar-refractivity contribution in [2.75, 3.05) is 46.1 Å². The number of hydrogen-bond donors (Lipinski definition) is 2. The topological polar surface area (TPSA) is 68.0 Å².